The van der Waals surface area contributed by atoms with Crippen LogP contribution in [0.15, 0.2) is 60.7 Å². The number of hydrogen-bond donors (Lipinski definition) is 0. The van der Waals surface area contributed by atoms with Gasteiger partial charge >= 0.3 is 0 Å². The van der Waals surface area contributed by atoms with Crippen molar-refractivity contribution in [2.75, 3.05) is 33.3 Å². The number of benzene rings is 2. The number of hydrazine groups is 1. The van der Waals surface area contributed by atoms with Crippen molar-refractivity contribution in [3.63, 3.8) is 0 Å². The Morgan fingerprint density at radius 2 is 1.54 bits per heavy atom. The summed E-state index contributed by atoms with van der Waals surface area (Å²) in [5.74, 6) is -0.0217. The summed E-state index contributed by atoms with van der Waals surface area (Å²) in [5, 5.41) is 3.92. The Balaban J connectivity index is 1.28. The van der Waals surface area contributed by atoms with Crippen LogP contribution in [0.4, 0.5) is 0 Å². The van der Waals surface area contributed by atoms with E-state index in [2.05, 4.69) is 4.98 Å². The molecule has 8 nitrogen and oxygen atoms in total. The fraction of sp³-hybridized carbons (Fsp3) is 0.333. The highest BCUT2D eigenvalue weighted by molar-refractivity contribution is 5.98. The van der Waals surface area contributed by atoms with Crippen molar-refractivity contribution in [1.29, 1.82) is 0 Å². The molecule has 2 aromatic carbocycles. The van der Waals surface area contributed by atoms with Crippen LogP contribution < -0.4 is 4.74 Å². The van der Waals surface area contributed by atoms with Crippen LogP contribution in [0.25, 0.3) is 10.9 Å². The summed E-state index contributed by atoms with van der Waals surface area (Å²) in [6, 6.07) is 18.3. The van der Waals surface area contributed by atoms with Crippen LogP contribution in [-0.2, 0) is 4.79 Å². The van der Waals surface area contributed by atoms with E-state index in [1.165, 1.54) is 5.01 Å². The molecular weight excluding hydrogens is 444 g/mol. The molecule has 180 valence electrons. The van der Waals surface area contributed by atoms with E-state index in [0.717, 1.165) is 5.39 Å². The number of carbonyl (C=O) groups excluding carboxylic acids is 3. The number of amides is 3. The van der Waals surface area contributed by atoms with Crippen molar-refractivity contribution in [2.24, 2.45) is 5.92 Å². The summed E-state index contributed by atoms with van der Waals surface area (Å²) < 4.78 is 5.49. The number of piperidine rings is 1. The average molecular weight is 473 g/mol. The third-order valence-corrected chi connectivity index (χ3v) is 6.79. The number of hydrogen-bond acceptors (Lipinski definition) is 5. The van der Waals surface area contributed by atoms with Gasteiger partial charge in [-0.05, 0) is 43.5 Å². The number of para-hydroxylation sites is 1. The van der Waals surface area contributed by atoms with Gasteiger partial charge in [0, 0.05) is 49.1 Å². The van der Waals surface area contributed by atoms with Crippen molar-refractivity contribution >= 4 is 28.6 Å². The van der Waals surface area contributed by atoms with E-state index in [1.54, 1.807) is 23.1 Å². The molecule has 3 aromatic rings. The van der Waals surface area contributed by atoms with E-state index in [9.17, 15) is 14.4 Å². The molecule has 8 heteroatoms. The van der Waals surface area contributed by atoms with Crippen LogP contribution in [0, 0.1) is 5.92 Å². The maximum absolute atomic E-state index is 13.4. The smallest absolute Gasteiger partial charge is 0.291 e. The van der Waals surface area contributed by atoms with Gasteiger partial charge < -0.3 is 9.64 Å². The Kier molecular flexibility index (Phi) is 6.35. The van der Waals surface area contributed by atoms with Gasteiger partial charge in [-0.15, -0.1) is 0 Å². The molecule has 5 rings (SSSR count). The Morgan fingerprint density at radius 3 is 2.29 bits per heavy atom. The number of carbonyl (C=O) groups is 3. The van der Waals surface area contributed by atoms with E-state index in [-0.39, 0.29) is 29.3 Å². The molecule has 0 saturated carbocycles. The second-order valence-corrected chi connectivity index (χ2v) is 8.90. The molecule has 2 aliphatic rings. The summed E-state index contributed by atoms with van der Waals surface area (Å²) in [4.78, 5) is 45.9. The fourth-order valence-corrected chi connectivity index (χ4v) is 4.91. The number of nitrogens with zero attached hydrogens (tertiary/aromatic N) is 4. The van der Waals surface area contributed by atoms with Crippen LogP contribution >= 0.6 is 0 Å². The predicted molar refractivity (Wildman–Crippen MR) is 131 cm³/mol. The van der Waals surface area contributed by atoms with Gasteiger partial charge in [-0.1, -0.05) is 30.3 Å². The van der Waals surface area contributed by atoms with Crippen LogP contribution in [0.1, 0.15) is 40.1 Å². The van der Waals surface area contributed by atoms with Crippen molar-refractivity contribution in [3.8, 4) is 5.75 Å². The van der Waals surface area contributed by atoms with Gasteiger partial charge in [0.25, 0.3) is 11.8 Å². The molecule has 0 aliphatic carbocycles. The summed E-state index contributed by atoms with van der Waals surface area (Å²) in [6.45, 7) is 2.01. The van der Waals surface area contributed by atoms with Gasteiger partial charge in [0.2, 0.25) is 5.91 Å². The third-order valence-electron chi connectivity index (χ3n) is 6.79. The van der Waals surface area contributed by atoms with E-state index < -0.39 is 0 Å². The second-order valence-electron chi connectivity index (χ2n) is 8.90. The Morgan fingerprint density at radius 1 is 0.857 bits per heavy atom. The molecular formula is C27H28N4O4. The zero-order chi connectivity index (χ0) is 24.4. The number of rotatable bonds is 4. The maximum atomic E-state index is 13.4. The molecule has 1 aromatic heterocycles. The van der Waals surface area contributed by atoms with Crippen LogP contribution in [0.3, 0.4) is 0 Å². The maximum Gasteiger partial charge on any atom is 0.291 e. The SMILES string of the molecule is COc1cc(C(=O)N2CCCN2C(=O)C2CCN(C(=O)c3ccccc3)CC2)nc2ccccc12. The lowest BCUT2D eigenvalue weighted by atomic mass is 9.95. The molecule has 3 amide bonds. The quantitative estimate of drug-likeness (QED) is 0.581. The van der Waals surface area contributed by atoms with E-state index in [4.69, 9.17) is 4.74 Å². The number of pyridine rings is 1. The first kappa shape index (κ1) is 22.8. The van der Waals surface area contributed by atoms with Crippen LogP contribution in [0.5, 0.6) is 5.75 Å². The van der Waals surface area contributed by atoms with Crippen LogP contribution in [-0.4, -0.2) is 70.9 Å². The molecule has 0 unspecified atom stereocenters. The van der Waals surface area contributed by atoms with Gasteiger partial charge in [0.15, 0.2) is 0 Å². The highest BCUT2D eigenvalue weighted by Crippen LogP contribution is 2.28. The molecule has 0 bridgehead atoms. The molecule has 35 heavy (non-hydrogen) atoms. The minimum atomic E-state index is -0.309. The number of likely N-dealkylation sites (tertiary alicyclic amines) is 1. The lowest BCUT2D eigenvalue weighted by molar-refractivity contribution is -0.146. The fourth-order valence-electron chi connectivity index (χ4n) is 4.91. The zero-order valence-electron chi connectivity index (χ0n) is 19.7. The minimum Gasteiger partial charge on any atom is -0.496 e. The van der Waals surface area contributed by atoms with Crippen LogP contribution in [0.2, 0.25) is 0 Å². The highest BCUT2D eigenvalue weighted by Gasteiger charge is 2.37. The summed E-state index contributed by atoms with van der Waals surface area (Å²) in [6.07, 6.45) is 1.88. The van der Waals surface area contributed by atoms with Gasteiger partial charge in [-0.25, -0.2) is 9.99 Å². The van der Waals surface area contributed by atoms with E-state index in [0.29, 0.717) is 62.3 Å². The monoisotopic (exact) mass is 472 g/mol. The Labute approximate surface area is 204 Å². The van der Waals surface area contributed by atoms with E-state index in [1.807, 2.05) is 54.6 Å². The number of fused-ring (bicyclic) bond motifs is 1. The molecule has 3 heterocycles. The van der Waals surface area contributed by atoms with Gasteiger partial charge in [0.1, 0.15) is 11.4 Å². The summed E-state index contributed by atoms with van der Waals surface area (Å²) >= 11 is 0. The second kappa shape index (κ2) is 9.74. The average Bonchev–Trinajstić information content (AvgIpc) is 3.41. The van der Waals surface area contributed by atoms with Gasteiger partial charge in [0.05, 0.1) is 12.6 Å². The number of aromatic nitrogens is 1. The zero-order valence-corrected chi connectivity index (χ0v) is 19.7. The minimum absolute atomic E-state index is 0.00852. The molecule has 2 aliphatic heterocycles. The van der Waals surface area contributed by atoms with Crippen molar-refractivity contribution < 1.29 is 19.1 Å². The molecule has 2 saturated heterocycles. The number of ether oxygens (including phenoxy) is 1. The largest absolute Gasteiger partial charge is 0.496 e. The topological polar surface area (TPSA) is 83.0 Å². The van der Waals surface area contributed by atoms with Crippen molar-refractivity contribution in [3.05, 3.63) is 71.9 Å². The molecule has 2 fully saturated rings. The Hall–Kier alpha value is -3.94. The highest BCUT2D eigenvalue weighted by atomic mass is 16.5. The first-order valence-electron chi connectivity index (χ1n) is 12.0. The van der Waals surface area contributed by atoms with Crippen molar-refractivity contribution in [2.45, 2.75) is 19.3 Å². The lowest BCUT2D eigenvalue weighted by Gasteiger charge is -2.35. The molecule has 0 spiro atoms. The predicted octanol–water partition coefficient (Wildman–Crippen LogP) is 3.39. The van der Waals surface area contributed by atoms with E-state index >= 15 is 0 Å². The molecule has 0 radical (unpaired) electrons. The third kappa shape index (κ3) is 4.43. The summed E-state index contributed by atoms with van der Waals surface area (Å²) in [5.41, 5.74) is 1.58. The van der Waals surface area contributed by atoms with Gasteiger partial charge in [-0.2, -0.15) is 0 Å². The molecule has 0 N–H and O–H groups in total. The standard InChI is InChI=1S/C27H28N4O4/c1-35-24-18-23(28-22-11-6-5-10-21(22)24)27(34)31-15-7-14-30(31)26(33)20-12-16-29(17-13-20)25(32)19-8-3-2-4-9-19/h2-6,8-11,18,20H,7,12-17H2,1H3. The normalized spacial score (nSPS) is 16.5. The lowest BCUT2D eigenvalue weighted by Crippen LogP contribution is -2.50. The van der Waals surface area contributed by atoms with Gasteiger partial charge in [-0.3, -0.25) is 19.4 Å². The first-order valence-corrected chi connectivity index (χ1v) is 12.0. The number of methoxy groups -OCH3 is 1. The van der Waals surface area contributed by atoms with Crippen molar-refractivity contribution in [1.82, 2.24) is 19.9 Å². The Bertz CT molecular complexity index is 1250. The molecule has 0 atom stereocenters. The first-order chi connectivity index (χ1) is 17.1. The summed E-state index contributed by atoms with van der Waals surface area (Å²) in [7, 11) is 1.57.